The first-order chi connectivity index (χ1) is 9.56. The average Bonchev–Trinajstić information content (AvgIpc) is 3.02. The van der Waals surface area contributed by atoms with E-state index in [1.807, 2.05) is 0 Å². The molecule has 3 N–H and O–H groups in total. The number of nitrogens with one attached hydrogen (secondary N) is 2. The zero-order valence-electron chi connectivity index (χ0n) is 10.8. The Morgan fingerprint density at radius 1 is 1.60 bits per heavy atom. The molecule has 1 saturated heterocycles. The van der Waals surface area contributed by atoms with E-state index in [2.05, 4.69) is 15.6 Å². The van der Waals surface area contributed by atoms with Gasteiger partial charge < -0.3 is 15.7 Å². The maximum Gasteiger partial charge on any atom is 0.352 e. The van der Waals surface area contributed by atoms with Crippen LogP contribution in [0.15, 0.2) is 16.3 Å². The van der Waals surface area contributed by atoms with Crippen molar-refractivity contribution in [1.29, 1.82) is 0 Å². The molecule has 7 nitrogen and oxygen atoms in total. The molecule has 0 radical (unpaired) electrons. The fraction of sp³-hybridized carbons (Fsp3) is 0.583. The first-order valence-electron chi connectivity index (χ1n) is 6.55. The lowest BCUT2D eigenvalue weighted by molar-refractivity contribution is -0.148. The highest BCUT2D eigenvalue weighted by molar-refractivity contribution is 8.00. The van der Waals surface area contributed by atoms with Gasteiger partial charge in [0.2, 0.25) is 0 Å². The van der Waals surface area contributed by atoms with Gasteiger partial charge in [0.05, 0.1) is 12.1 Å². The van der Waals surface area contributed by atoms with E-state index in [1.54, 1.807) is 18.7 Å². The number of β-lactam (4-membered cyclic amide) rings is 1. The molecule has 1 amide bonds. The molecule has 0 aromatic heterocycles. The van der Waals surface area contributed by atoms with Gasteiger partial charge in [-0.05, 0) is 18.9 Å². The van der Waals surface area contributed by atoms with Gasteiger partial charge in [0.25, 0.3) is 5.91 Å². The molecule has 0 aromatic carbocycles. The van der Waals surface area contributed by atoms with E-state index in [9.17, 15) is 14.7 Å². The van der Waals surface area contributed by atoms with Crippen LogP contribution in [0.5, 0.6) is 0 Å². The lowest BCUT2D eigenvalue weighted by Crippen LogP contribution is -2.71. The van der Waals surface area contributed by atoms with Crippen LogP contribution in [0, 0.1) is 0 Å². The Labute approximate surface area is 119 Å². The molecule has 4 atom stereocenters. The highest BCUT2D eigenvalue weighted by atomic mass is 32.2. The van der Waals surface area contributed by atoms with Crippen molar-refractivity contribution in [3.8, 4) is 0 Å². The summed E-state index contributed by atoms with van der Waals surface area (Å²) in [6.45, 7) is 1.76. The third kappa shape index (κ3) is 1.57. The van der Waals surface area contributed by atoms with Crippen LogP contribution in [0.4, 0.5) is 0 Å². The van der Waals surface area contributed by atoms with Crippen molar-refractivity contribution in [2.24, 2.45) is 4.99 Å². The number of nitrogens with zero attached hydrogens (tertiary/aromatic N) is 2. The molecule has 4 rings (SSSR count). The minimum atomic E-state index is -1.03. The standard InChI is InChI=1S/C12H14N4O3S/c1-4-3-20-10-7(9(17)16(10)8(4)11(18)19)15-12-13-5-2-6(5)14-12/h5-7,10H,2-3H2,1H3,(H,18,19)(H2,13,14,15)/t5?,6?,7?,10-/m0/s1. The lowest BCUT2D eigenvalue weighted by atomic mass is 10.0. The van der Waals surface area contributed by atoms with E-state index >= 15 is 0 Å². The molecule has 1 aliphatic carbocycles. The fourth-order valence-corrected chi connectivity index (χ4v) is 4.15. The highest BCUT2D eigenvalue weighted by Crippen LogP contribution is 2.40. The summed E-state index contributed by atoms with van der Waals surface area (Å²) >= 11 is 1.59. The second-order valence-electron chi connectivity index (χ2n) is 5.50. The van der Waals surface area contributed by atoms with E-state index < -0.39 is 5.97 Å². The molecule has 4 aliphatic rings. The van der Waals surface area contributed by atoms with Crippen LogP contribution in [0.3, 0.4) is 0 Å². The van der Waals surface area contributed by atoms with Gasteiger partial charge in [-0.15, -0.1) is 11.8 Å². The summed E-state index contributed by atoms with van der Waals surface area (Å²) in [7, 11) is 0. The number of carboxylic acid groups (broad SMARTS) is 1. The predicted octanol–water partition coefficient (Wildman–Crippen LogP) is -0.682. The summed E-state index contributed by atoms with van der Waals surface area (Å²) in [5.74, 6) is 0.0913. The second-order valence-corrected chi connectivity index (χ2v) is 6.60. The quantitative estimate of drug-likeness (QED) is 0.584. The number of amides is 1. The minimum absolute atomic E-state index is 0.140. The van der Waals surface area contributed by atoms with E-state index in [4.69, 9.17) is 0 Å². The molecule has 3 unspecified atom stereocenters. The zero-order valence-corrected chi connectivity index (χ0v) is 11.6. The summed E-state index contributed by atoms with van der Waals surface area (Å²) in [6, 6.07) is 0.408. The number of hydrogen-bond donors (Lipinski definition) is 3. The second kappa shape index (κ2) is 3.91. The maximum atomic E-state index is 12.2. The molecular weight excluding hydrogens is 280 g/mol. The van der Waals surface area contributed by atoms with E-state index in [-0.39, 0.29) is 23.0 Å². The lowest BCUT2D eigenvalue weighted by Gasteiger charge is -2.49. The van der Waals surface area contributed by atoms with Crippen LogP contribution in [-0.2, 0) is 9.59 Å². The van der Waals surface area contributed by atoms with Crippen molar-refractivity contribution in [1.82, 2.24) is 15.5 Å². The molecular formula is C12H14N4O3S. The van der Waals surface area contributed by atoms with Crippen molar-refractivity contribution in [2.75, 3.05) is 5.75 Å². The Morgan fingerprint density at radius 2 is 2.40 bits per heavy atom. The summed E-state index contributed by atoms with van der Waals surface area (Å²) in [4.78, 5) is 29.3. The molecule has 1 saturated carbocycles. The molecule has 8 heteroatoms. The van der Waals surface area contributed by atoms with Crippen LogP contribution < -0.4 is 10.6 Å². The largest absolute Gasteiger partial charge is 0.477 e. The number of carbonyl (C=O) groups is 2. The smallest absolute Gasteiger partial charge is 0.352 e. The van der Waals surface area contributed by atoms with Gasteiger partial charge >= 0.3 is 5.97 Å². The van der Waals surface area contributed by atoms with Crippen LogP contribution in [-0.4, -0.2) is 57.1 Å². The van der Waals surface area contributed by atoms with Crippen molar-refractivity contribution in [2.45, 2.75) is 36.8 Å². The van der Waals surface area contributed by atoms with E-state index in [1.165, 1.54) is 4.90 Å². The molecule has 0 bridgehead atoms. The summed E-state index contributed by atoms with van der Waals surface area (Å²) in [5.41, 5.74) is 0.879. The Bertz CT molecular complexity index is 587. The third-order valence-corrected chi connectivity index (χ3v) is 5.45. The van der Waals surface area contributed by atoms with Crippen LogP contribution in [0.2, 0.25) is 0 Å². The molecule has 20 heavy (non-hydrogen) atoms. The van der Waals surface area contributed by atoms with Gasteiger partial charge in [-0.1, -0.05) is 0 Å². The Kier molecular flexibility index (Phi) is 2.36. The van der Waals surface area contributed by atoms with Crippen molar-refractivity contribution in [3.63, 3.8) is 0 Å². The number of aliphatic imine (C=N–C) groups is 1. The monoisotopic (exact) mass is 294 g/mol. The number of rotatable bonds is 2. The average molecular weight is 294 g/mol. The molecule has 3 aliphatic heterocycles. The van der Waals surface area contributed by atoms with Crippen molar-refractivity contribution < 1.29 is 14.7 Å². The third-order valence-electron chi connectivity index (χ3n) is 4.03. The minimum Gasteiger partial charge on any atom is -0.477 e. The number of guanidine groups is 1. The first-order valence-corrected chi connectivity index (χ1v) is 7.59. The Hall–Kier alpha value is -1.70. The van der Waals surface area contributed by atoms with Crippen LogP contribution >= 0.6 is 11.8 Å². The fourth-order valence-electron chi connectivity index (χ4n) is 2.86. The number of thioether (sulfide) groups is 1. The summed E-state index contributed by atoms with van der Waals surface area (Å²) in [5, 5.41) is 15.4. The number of aliphatic carboxylic acids is 1. The van der Waals surface area contributed by atoms with Crippen molar-refractivity contribution >= 4 is 29.6 Å². The number of carboxylic acids is 1. The Balaban J connectivity index is 1.52. The normalized spacial score (nSPS) is 37.5. The summed E-state index contributed by atoms with van der Waals surface area (Å²) < 4.78 is 0. The molecule has 0 spiro atoms. The van der Waals surface area contributed by atoms with Gasteiger partial charge in [0.15, 0.2) is 5.96 Å². The summed E-state index contributed by atoms with van der Waals surface area (Å²) in [6.07, 6.45) is 1.07. The van der Waals surface area contributed by atoms with Crippen LogP contribution in [0.1, 0.15) is 13.3 Å². The van der Waals surface area contributed by atoms with E-state index in [0.717, 1.165) is 12.0 Å². The van der Waals surface area contributed by atoms with Crippen molar-refractivity contribution in [3.05, 3.63) is 11.3 Å². The van der Waals surface area contributed by atoms with Gasteiger partial charge in [-0.2, -0.15) is 0 Å². The molecule has 106 valence electrons. The van der Waals surface area contributed by atoms with Gasteiger partial charge in [0, 0.05) is 5.75 Å². The van der Waals surface area contributed by atoms with Crippen LogP contribution in [0.25, 0.3) is 0 Å². The van der Waals surface area contributed by atoms with Gasteiger partial charge in [0.1, 0.15) is 17.1 Å². The predicted molar refractivity (Wildman–Crippen MR) is 73.1 cm³/mol. The molecule has 3 heterocycles. The maximum absolute atomic E-state index is 12.2. The Morgan fingerprint density at radius 3 is 3.05 bits per heavy atom. The SMILES string of the molecule is CC1=C(C(=O)O)N2C(=O)C(NC3=NC4CC4N3)[C@@H]2SC1. The zero-order chi connectivity index (χ0) is 14.0. The highest BCUT2D eigenvalue weighted by Gasteiger charge is 2.54. The van der Waals surface area contributed by atoms with E-state index in [0.29, 0.717) is 23.8 Å². The van der Waals surface area contributed by atoms with Gasteiger partial charge in [-0.3, -0.25) is 9.69 Å². The number of fused-ring (bicyclic) bond motifs is 2. The molecule has 2 fully saturated rings. The molecule has 0 aromatic rings. The number of hydrogen-bond acceptors (Lipinski definition) is 6. The van der Waals surface area contributed by atoms with Gasteiger partial charge in [-0.25, -0.2) is 9.79 Å². The first kappa shape index (κ1) is 12.1. The topological polar surface area (TPSA) is 94.0 Å². The number of carbonyl (C=O) groups excluding carboxylic acids is 1.